The molecule has 31 heavy (non-hydrogen) atoms. The minimum Gasteiger partial charge on any atom is -0.346 e. The van der Waals surface area contributed by atoms with Crippen LogP contribution in [-0.4, -0.2) is 26.6 Å². The van der Waals surface area contributed by atoms with E-state index in [1.165, 1.54) is 16.7 Å². The predicted octanol–water partition coefficient (Wildman–Crippen LogP) is 3.21. The first kappa shape index (κ1) is 20.1. The van der Waals surface area contributed by atoms with Gasteiger partial charge in [0.1, 0.15) is 11.2 Å². The number of aromatic nitrogens is 2. The highest BCUT2D eigenvalue weighted by molar-refractivity contribution is 6.08. The van der Waals surface area contributed by atoms with Crippen LogP contribution < -0.4 is 16.4 Å². The molecule has 0 aliphatic heterocycles. The van der Waals surface area contributed by atoms with Crippen molar-refractivity contribution in [1.29, 1.82) is 0 Å². The van der Waals surface area contributed by atoms with Gasteiger partial charge in [-0.1, -0.05) is 29.8 Å². The number of carbonyl (C=O) groups excluding carboxylic acids is 2. The number of fused-ring (bicyclic) bond motifs is 1. The van der Waals surface area contributed by atoms with Gasteiger partial charge in [0.15, 0.2) is 0 Å². The molecule has 156 valence electrons. The van der Waals surface area contributed by atoms with E-state index in [0.717, 1.165) is 16.7 Å². The summed E-state index contributed by atoms with van der Waals surface area (Å²) in [6, 6.07) is 15.6. The normalized spacial score (nSPS) is 10.8. The Morgan fingerprint density at radius 2 is 1.77 bits per heavy atom. The number of aromatic amines is 1. The van der Waals surface area contributed by atoms with Crippen LogP contribution in [0.3, 0.4) is 0 Å². The third-order valence-corrected chi connectivity index (χ3v) is 5.05. The van der Waals surface area contributed by atoms with Crippen LogP contribution in [0.15, 0.2) is 65.6 Å². The van der Waals surface area contributed by atoms with Gasteiger partial charge in [-0.05, 0) is 42.8 Å². The van der Waals surface area contributed by atoms with Crippen molar-refractivity contribution in [2.45, 2.75) is 6.92 Å². The average Bonchev–Trinajstić information content (AvgIpc) is 3.22. The lowest BCUT2D eigenvalue weighted by atomic mass is 10.0. The number of anilines is 1. The zero-order valence-corrected chi connectivity index (χ0v) is 16.9. The van der Waals surface area contributed by atoms with Crippen LogP contribution in [0.2, 0.25) is 0 Å². The summed E-state index contributed by atoms with van der Waals surface area (Å²) in [6.45, 7) is 1.99. The molecule has 4 N–H and O–H groups in total. The highest BCUT2D eigenvalue weighted by atomic mass is 16.5. The number of H-pyrrole nitrogens is 1. The number of nitrogens with one attached hydrogen (secondary N) is 3. The van der Waals surface area contributed by atoms with Crippen molar-refractivity contribution in [2.75, 3.05) is 5.32 Å². The molecule has 0 saturated carbocycles. The second kappa shape index (κ2) is 7.92. The molecule has 4 rings (SSSR count). The fourth-order valence-corrected chi connectivity index (χ4v) is 3.47. The number of benzene rings is 2. The van der Waals surface area contributed by atoms with Crippen molar-refractivity contribution in [3.05, 3.63) is 88.0 Å². The number of aryl methyl sites for hydroxylation is 2. The van der Waals surface area contributed by atoms with Gasteiger partial charge in [-0.15, -0.1) is 0 Å². The maximum Gasteiger partial charge on any atom is 0.274 e. The lowest BCUT2D eigenvalue weighted by Crippen LogP contribution is -2.18. The number of hydroxylamine groups is 1. The first-order chi connectivity index (χ1) is 14.9. The summed E-state index contributed by atoms with van der Waals surface area (Å²) in [4.78, 5) is 39.8. The molecule has 0 radical (unpaired) electrons. The Kier molecular flexibility index (Phi) is 5.14. The zero-order valence-electron chi connectivity index (χ0n) is 16.9. The van der Waals surface area contributed by atoms with E-state index in [2.05, 4.69) is 10.3 Å². The zero-order chi connectivity index (χ0) is 22.1. The minimum absolute atomic E-state index is 0.232. The molecule has 2 aromatic heterocycles. The van der Waals surface area contributed by atoms with Crippen LogP contribution in [0.4, 0.5) is 5.69 Å². The quantitative estimate of drug-likeness (QED) is 0.302. The topological polar surface area (TPSA) is 116 Å². The number of hydrogen-bond donors (Lipinski definition) is 4. The Morgan fingerprint density at radius 1 is 1.03 bits per heavy atom. The SMILES string of the molecule is Cc1cccc(-c2cn(C)c(=O)c3[nH]c(C(=O)Nc4ccc(C(=O)NO)cc4)cc23)c1. The Labute approximate surface area is 177 Å². The van der Waals surface area contributed by atoms with E-state index in [-0.39, 0.29) is 16.8 Å². The van der Waals surface area contributed by atoms with Gasteiger partial charge in [0.25, 0.3) is 17.4 Å². The van der Waals surface area contributed by atoms with E-state index in [1.807, 2.05) is 31.2 Å². The number of carbonyl (C=O) groups is 2. The molecular weight excluding hydrogens is 396 g/mol. The molecule has 0 fully saturated rings. The van der Waals surface area contributed by atoms with Gasteiger partial charge in [0.2, 0.25) is 0 Å². The number of rotatable bonds is 4. The third kappa shape index (κ3) is 3.84. The Morgan fingerprint density at radius 3 is 2.45 bits per heavy atom. The summed E-state index contributed by atoms with van der Waals surface area (Å²) in [5, 5.41) is 12.1. The van der Waals surface area contributed by atoms with Gasteiger partial charge in [-0.3, -0.25) is 19.6 Å². The summed E-state index contributed by atoms with van der Waals surface area (Å²) >= 11 is 0. The molecule has 0 unspecified atom stereocenters. The second-order valence-electron chi connectivity index (χ2n) is 7.27. The van der Waals surface area contributed by atoms with Crippen LogP contribution in [0.25, 0.3) is 22.0 Å². The van der Waals surface area contributed by atoms with Gasteiger partial charge >= 0.3 is 0 Å². The third-order valence-electron chi connectivity index (χ3n) is 5.05. The van der Waals surface area contributed by atoms with Crippen LogP contribution in [0, 0.1) is 6.92 Å². The van der Waals surface area contributed by atoms with Crippen molar-refractivity contribution >= 4 is 28.4 Å². The van der Waals surface area contributed by atoms with Crippen LogP contribution in [0.1, 0.15) is 26.4 Å². The van der Waals surface area contributed by atoms with E-state index in [0.29, 0.717) is 16.6 Å². The molecule has 0 aliphatic carbocycles. The Hall–Kier alpha value is -4.17. The van der Waals surface area contributed by atoms with Gasteiger partial charge in [-0.25, -0.2) is 5.48 Å². The molecule has 0 aliphatic rings. The van der Waals surface area contributed by atoms with Gasteiger partial charge in [-0.2, -0.15) is 0 Å². The largest absolute Gasteiger partial charge is 0.346 e. The predicted molar refractivity (Wildman–Crippen MR) is 117 cm³/mol. The van der Waals surface area contributed by atoms with E-state index < -0.39 is 11.8 Å². The summed E-state index contributed by atoms with van der Waals surface area (Å²) in [7, 11) is 1.67. The second-order valence-corrected chi connectivity index (χ2v) is 7.27. The number of amides is 2. The maximum absolute atomic E-state index is 12.8. The summed E-state index contributed by atoms with van der Waals surface area (Å²) in [5.74, 6) is -1.07. The summed E-state index contributed by atoms with van der Waals surface area (Å²) in [6.07, 6.45) is 1.76. The van der Waals surface area contributed by atoms with E-state index in [9.17, 15) is 14.4 Å². The van der Waals surface area contributed by atoms with Crippen molar-refractivity contribution in [2.24, 2.45) is 7.05 Å². The number of pyridine rings is 1. The Bertz CT molecular complexity index is 1370. The van der Waals surface area contributed by atoms with E-state index in [4.69, 9.17) is 5.21 Å². The fourth-order valence-electron chi connectivity index (χ4n) is 3.47. The van der Waals surface area contributed by atoms with Crippen molar-refractivity contribution < 1.29 is 14.8 Å². The lowest BCUT2D eigenvalue weighted by molar-refractivity contribution is 0.0706. The fraction of sp³-hybridized carbons (Fsp3) is 0.0870. The first-order valence-electron chi connectivity index (χ1n) is 9.52. The number of hydrogen-bond acceptors (Lipinski definition) is 4. The summed E-state index contributed by atoms with van der Waals surface area (Å²) < 4.78 is 1.49. The van der Waals surface area contributed by atoms with E-state index in [1.54, 1.807) is 36.9 Å². The highest BCUT2D eigenvalue weighted by Gasteiger charge is 2.16. The van der Waals surface area contributed by atoms with Crippen molar-refractivity contribution in [1.82, 2.24) is 15.0 Å². The van der Waals surface area contributed by atoms with Gasteiger partial charge in [0.05, 0.1) is 0 Å². The molecule has 2 heterocycles. The molecule has 8 heteroatoms. The standard InChI is InChI=1S/C23H20N4O4/c1-13-4-3-5-15(10-13)18-12-27(2)23(30)20-17(18)11-19(25-20)22(29)24-16-8-6-14(7-9-16)21(28)26-31/h3-12,25,31H,1-2H3,(H,24,29)(H,26,28). The van der Waals surface area contributed by atoms with Crippen LogP contribution in [0.5, 0.6) is 0 Å². The van der Waals surface area contributed by atoms with Gasteiger partial charge in [0, 0.05) is 35.4 Å². The molecule has 2 amide bonds. The molecule has 0 saturated heterocycles. The highest BCUT2D eigenvalue weighted by Crippen LogP contribution is 2.28. The molecule has 0 bridgehead atoms. The van der Waals surface area contributed by atoms with Crippen LogP contribution in [-0.2, 0) is 7.05 Å². The monoisotopic (exact) mass is 416 g/mol. The molecular formula is C23H20N4O4. The first-order valence-corrected chi connectivity index (χ1v) is 9.52. The van der Waals surface area contributed by atoms with E-state index >= 15 is 0 Å². The summed E-state index contributed by atoms with van der Waals surface area (Å²) in [5.41, 5.74) is 5.50. The Balaban J connectivity index is 1.71. The molecule has 0 atom stereocenters. The average molecular weight is 416 g/mol. The lowest BCUT2D eigenvalue weighted by Gasteiger charge is -2.07. The van der Waals surface area contributed by atoms with Crippen LogP contribution >= 0.6 is 0 Å². The smallest absolute Gasteiger partial charge is 0.274 e. The molecule has 8 nitrogen and oxygen atoms in total. The number of nitrogens with zero attached hydrogens (tertiary/aromatic N) is 1. The van der Waals surface area contributed by atoms with Crippen molar-refractivity contribution in [3.8, 4) is 11.1 Å². The van der Waals surface area contributed by atoms with Gasteiger partial charge < -0.3 is 14.9 Å². The maximum atomic E-state index is 12.8. The van der Waals surface area contributed by atoms with Crippen molar-refractivity contribution in [3.63, 3.8) is 0 Å². The molecule has 4 aromatic rings. The molecule has 0 spiro atoms. The minimum atomic E-state index is -0.645. The molecule has 2 aromatic carbocycles.